The Hall–Kier alpha value is -2.68. The molecule has 1 saturated heterocycles. The average Bonchev–Trinajstić information content (AvgIpc) is 3.41. The van der Waals surface area contributed by atoms with Gasteiger partial charge in [-0.2, -0.15) is 10.1 Å². The third kappa shape index (κ3) is 3.30. The quantitative estimate of drug-likeness (QED) is 0.271. The Morgan fingerprint density at radius 2 is 1.80 bits per heavy atom. The highest BCUT2D eigenvalue weighted by molar-refractivity contribution is 9.10. The lowest BCUT2D eigenvalue weighted by Gasteiger charge is -2.16. The van der Waals surface area contributed by atoms with Crippen LogP contribution in [0, 0.1) is 23.7 Å². The molecule has 0 aromatic heterocycles. The zero-order valence-electron chi connectivity index (χ0n) is 16.7. The molecule has 1 saturated carbocycles. The smallest absolute Gasteiger partial charge is 0.346 e. The molecule has 3 aliphatic rings. The largest absolute Gasteiger partial charge is 0.493 e. The van der Waals surface area contributed by atoms with Gasteiger partial charge in [0.1, 0.15) is 0 Å². The molecule has 2 bridgehead atoms. The number of ether oxygens (including phenoxy) is 3. The van der Waals surface area contributed by atoms with E-state index >= 15 is 0 Å². The van der Waals surface area contributed by atoms with Crippen LogP contribution in [0.4, 0.5) is 0 Å². The van der Waals surface area contributed by atoms with E-state index in [9.17, 15) is 14.4 Å². The van der Waals surface area contributed by atoms with Crippen LogP contribution >= 0.6 is 15.9 Å². The van der Waals surface area contributed by atoms with Gasteiger partial charge < -0.3 is 14.2 Å². The van der Waals surface area contributed by atoms with Gasteiger partial charge in [0.15, 0.2) is 17.6 Å². The van der Waals surface area contributed by atoms with Crippen LogP contribution in [-0.4, -0.2) is 49.3 Å². The number of allylic oxidation sites excluding steroid dienone is 2. The number of hydrogen-bond donors (Lipinski definition) is 0. The minimum atomic E-state index is -0.821. The van der Waals surface area contributed by atoms with Crippen LogP contribution in [-0.2, 0) is 19.1 Å². The van der Waals surface area contributed by atoms with Gasteiger partial charge in [0.05, 0.1) is 32.3 Å². The number of fused-ring (bicyclic) bond motifs is 5. The summed E-state index contributed by atoms with van der Waals surface area (Å²) in [5.74, 6) is -0.608. The Morgan fingerprint density at radius 1 is 1.17 bits per heavy atom. The highest BCUT2D eigenvalue weighted by Crippen LogP contribution is 2.52. The summed E-state index contributed by atoms with van der Waals surface area (Å²) < 4.78 is 16.2. The molecular weight excluding hydrogens is 456 g/mol. The fraction of sp³-hybridized carbons (Fsp3) is 0.429. The highest BCUT2D eigenvalue weighted by atomic mass is 79.9. The van der Waals surface area contributed by atoms with Crippen molar-refractivity contribution in [2.75, 3.05) is 14.2 Å². The molecule has 2 amide bonds. The van der Waals surface area contributed by atoms with Gasteiger partial charge >= 0.3 is 5.97 Å². The molecule has 0 N–H and O–H groups in total. The standard InChI is InChI=1S/C21H21BrN2O6/c1-10(21(27)29-3)30-16-8-14(22)13(7-15(16)28-2)9-23-24-19(25)17-11-4-5-12(6-11)18(17)20(24)26/h4-5,7-12,17-18H,6H2,1-3H3. The molecule has 5 unspecified atom stereocenters. The Morgan fingerprint density at radius 3 is 2.37 bits per heavy atom. The first kappa shape index (κ1) is 20.6. The van der Waals surface area contributed by atoms with Gasteiger partial charge in [-0.25, -0.2) is 4.79 Å². The van der Waals surface area contributed by atoms with Crippen molar-refractivity contribution in [1.82, 2.24) is 5.01 Å². The molecule has 1 aliphatic heterocycles. The predicted molar refractivity (Wildman–Crippen MR) is 110 cm³/mol. The molecule has 1 aromatic rings. The van der Waals surface area contributed by atoms with Crippen molar-refractivity contribution in [3.05, 3.63) is 34.3 Å². The van der Waals surface area contributed by atoms with Gasteiger partial charge in [-0.1, -0.05) is 12.2 Å². The zero-order valence-corrected chi connectivity index (χ0v) is 18.3. The van der Waals surface area contributed by atoms with E-state index < -0.39 is 12.1 Å². The first-order valence-corrected chi connectivity index (χ1v) is 10.4. The fourth-order valence-corrected chi connectivity index (χ4v) is 4.85. The summed E-state index contributed by atoms with van der Waals surface area (Å²) in [5, 5.41) is 5.17. The molecule has 0 radical (unpaired) electrons. The molecule has 4 rings (SSSR count). The van der Waals surface area contributed by atoms with Crippen LogP contribution in [0.5, 0.6) is 11.5 Å². The van der Waals surface area contributed by atoms with Gasteiger partial charge in [-0.15, -0.1) is 0 Å². The molecule has 2 aliphatic carbocycles. The molecular formula is C21H21BrN2O6. The molecule has 1 aromatic carbocycles. The lowest BCUT2D eigenvalue weighted by Crippen LogP contribution is -2.28. The fourth-order valence-electron chi connectivity index (χ4n) is 4.43. The number of benzene rings is 1. The number of imide groups is 1. The number of methoxy groups -OCH3 is 2. The molecule has 8 nitrogen and oxygen atoms in total. The molecule has 2 fully saturated rings. The monoisotopic (exact) mass is 476 g/mol. The van der Waals surface area contributed by atoms with Gasteiger partial charge in [0.25, 0.3) is 11.8 Å². The Balaban J connectivity index is 1.55. The normalized spacial score (nSPS) is 27.7. The van der Waals surface area contributed by atoms with Gasteiger partial charge in [0, 0.05) is 10.0 Å². The summed E-state index contributed by atoms with van der Waals surface area (Å²) in [6.07, 6.45) is 5.57. The number of carbonyl (C=O) groups excluding carboxylic acids is 3. The number of hydrazone groups is 1. The minimum Gasteiger partial charge on any atom is -0.493 e. The Bertz CT molecular complexity index is 944. The first-order valence-electron chi connectivity index (χ1n) is 9.57. The summed E-state index contributed by atoms with van der Waals surface area (Å²) in [7, 11) is 2.75. The topological polar surface area (TPSA) is 94.5 Å². The van der Waals surface area contributed by atoms with Crippen LogP contribution in [0.1, 0.15) is 18.9 Å². The van der Waals surface area contributed by atoms with E-state index in [4.69, 9.17) is 9.47 Å². The number of rotatable bonds is 6. The van der Waals surface area contributed by atoms with E-state index in [1.165, 1.54) is 20.4 Å². The van der Waals surface area contributed by atoms with Crippen molar-refractivity contribution < 1.29 is 28.6 Å². The summed E-state index contributed by atoms with van der Waals surface area (Å²) >= 11 is 3.43. The van der Waals surface area contributed by atoms with Crippen molar-refractivity contribution >= 4 is 39.9 Å². The van der Waals surface area contributed by atoms with Crippen molar-refractivity contribution in [3.63, 3.8) is 0 Å². The van der Waals surface area contributed by atoms with Gasteiger partial charge in [-0.05, 0) is 53.2 Å². The number of carbonyl (C=O) groups is 3. The number of esters is 1. The SMILES string of the molecule is COC(=O)C(C)Oc1cc(Br)c(C=NN2C(=O)C3C4C=CC(C4)C3C2=O)cc1OC. The number of hydrogen-bond acceptors (Lipinski definition) is 7. The summed E-state index contributed by atoms with van der Waals surface area (Å²) in [6, 6.07) is 3.27. The minimum absolute atomic E-state index is 0.136. The van der Waals surface area contributed by atoms with Crippen LogP contribution in [0.25, 0.3) is 0 Å². The number of nitrogens with zero attached hydrogens (tertiary/aromatic N) is 2. The molecule has 30 heavy (non-hydrogen) atoms. The van der Waals surface area contributed by atoms with E-state index in [1.807, 2.05) is 12.2 Å². The zero-order chi connectivity index (χ0) is 21.6. The Kier molecular flexibility index (Phi) is 5.40. The van der Waals surface area contributed by atoms with Crippen molar-refractivity contribution in [3.8, 4) is 11.5 Å². The van der Waals surface area contributed by atoms with E-state index in [1.54, 1.807) is 19.1 Å². The second kappa shape index (κ2) is 7.86. The summed E-state index contributed by atoms with van der Waals surface area (Å²) in [4.78, 5) is 37.1. The van der Waals surface area contributed by atoms with Crippen LogP contribution in [0.2, 0.25) is 0 Å². The third-order valence-electron chi connectivity index (χ3n) is 5.88. The lowest BCUT2D eigenvalue weighted by molar-refractivity contribution is -0.148. The van der Waals surface area contributed by atoms with Crippen molar-refractivity contribution in [2.24, 2.45) is 28.8 Å². The third-order valence-corrected chi connectivity index (χ3v) is 6.57. The average molecular weight is 477 g/mol. The van der Waals surface area contributed by atoms with E-state index in [2.05, 4.69) is 25.8 Å². The maximum atomic E-state index is 12.7. The molecule has 5 atom stereocenters. The highest BCUT2D eigenvalue weighted by Gasteiger charge is 2.59. The second-order valence-corrected chi connectivity index (χ2v) is 8.39. The van der Waals surface area contributed by atoms with Crippen LogP contribution in [0.15, 0.2) is 33.9 Å². The van der Waals surface area contributed by atoms with Gasteiger partial charge in [-0.3, -0.25) is 9.59 Å². The van der Waals surface area contributed by atoms with Crippen LogP contribution in [0.3, 0.4) is 0 Å². The van der Waals surface area contributed by atoms with Crippen LogP contribution < -0.4 is 9.47 Å². The van der Waals surface area contributed by atoms with E-state index in [-0.39, 0.29) is 35.5 Å². The number of amides is 2. The lowest BCUT2D eigenvalue weighted by atomic mass is 9.85. The molecule has 158 valence electrons. The maximum Gasteiger partial charge on any atom is 0.346 e. The van der Waals surface area contributed by atoms with Crippen molar-refractivity contribution in [1.29, 1.82) is 0 Å². The number of halogens is 1. The Labute approximate surface area is 182 Å². The molecule has 1 heterocycles. The molecule has 9 heteroatoms. The summed E-state index contributed by atoms with van der Waals surface area (Å²) in [6.45, 7) is 1.57. The van der Waals surface area contributed by atoms with E-state index in [0.29, 0.717) is 21.5 Å². The van der Waals surface area contributed by atoms with Crippen molar-refractivity contribution in [2.45, 2.75) is 19.4 Å². The molecule has 0 spiro atoms. The second-order valence-electron chi connectivity index (χ2n) is 7.54. The maximum absolute atomic E-state index is 12.7. The summed E-state index contributed by atoms with van der Waals surface area (Å²) in [5.41, 5.74) is 0.587. The van der Waals surface area contributed by atoms with E-state index in [0.717, 1.165) is 11.4 Å². The first-order chi connectivity index (χ1) is 14.3. The van der Waals surface area contributed by atoms with Gasteiger partial charge in [0.2, 0.25) is 0 Å². The predicted octanol–water partition coefficient (Wildman–Crippen LogP) is 2.54.